The van der Waals surface area contributed by atoms with Crippen molar-refractivity contribution in [1.29, 1.82) is 0 Å². The highest BCUT2D eigenvalue weighted by Gasteiger charge is 2.28. The van der Waals surface area contributed by atoms with Crippen LogP contribution in [0.5, 0.6) is 0 Å². The van der Waals surface area contributed by atoms with Crippen molar-refractivity contribution in [3.05, 3.63) is 22.7 Å². The standard InChI is InChI=1S/C12H19BrN2O3S/c1-3-12(2,6-7-16)15-19(17,18)9-4-5-11(14)10(13)8-9/h4-5,8,15-16H,3,6-7,14H2,1-2H3. The van der Waals surface area contributed by atoms with Crippen LogP contribution >= 0.6 is 15.9 Å². The van der Waals surface area contributed by atoms with Crippen molar-refractivity contribution in [1.82, 2.24) is 4.72 Å². The highest BCUT2D eigenvalue weighted by molar-refractivity contribution is 9.10. The van der Waals surface area contributed by atoms with Gasteiger partial charge in [0.15, 0.2) is 0 Å². The van der Waals surface area contributed by atoms with Crippen LogP contribution in [0.3, 0.4) is 0 Å². The Morgan fingerprint density at radius 3 is 2.58 bits per heavy atom. The number of hydrogen-bond acceptors (Lipinski definition) is 4. The van der Waals surface area contributed by atoms with Gasteiger partial charge >= 0.3 is 0 Å². The van der Waals surface area contributed by atoms with E-state index >= 15 is 0 Å². The summed E-state index contributed by atoms with van der Waals surface area (Å²) in [4.78, 5) is 0.145. The summed E-state index contributed by atoms with van der Waals surface area (Å²) in [5, 5.41) is 9.02. The van der Waals surface area contributed by atoms with E-state index in [1.165, 1.54) is 18.2 Å². The van der Waals surface area contributed by atoms with Crippen molar-refractivity contribution in [2.45, 2.75) is 37.1 Å². The van der Waals surface area contributed by atoms with E-state index in [9.17, 15) is 8.42 Å². The van der Waals surface area contributed by atoms with Crippen molar-refractivity contribution in [2.75, 3.05) is 12.3 Å². The molecule has 0 fully saturated rings. The number of aliphatic hydroxyl groups excluding tert-OH is 1. The van der Waals surface area contributed by atoms with Crippen LogP contribution in [0.1, 0.15) is 26.7 Å². The van der Waals surface area contributed by atoms with E-state index in [-0.39, 0.29) is 11.5 Å². The summed E-state index contributed by atoms with van der Waals surface area (Å²) in [5.74, 6) is 0. The molecule has 1 unspecified atom stereocenters. The fourth-order valence-corrected chi connectivity index (χ4v) is 3.67. The Balaban J connectivity index is 3.07. The van der Waals surface area contributed by atoms with E-state index in [0.717, 1.165) is 0 Å². The topological polar surface area (TPSA) is 92.4 Å². The number of benzene rings is 1. The Bertz CT molecular complexity index is 548. The summed E-state index contributed by atoms with van der Waals surface area (Å²) in [7, 11) is -3.64. The molecule has 5 nitrogen and oxygen atoms in total. The number of rotatable bonds is 6. The molecule has 1 aromatic rings. The number of nitrogens with two attached hydrogens (primary N) is 1. The summed E-state index contributed by atoms with van der Waals surface area (Å²) in [6.07, 6.45) is 0.946. The van der Waals surface area contributed by atoms with Crippen LogP contribution in [0.4, 0.5) is 5.69 Å². The summed E-state index contributed by atoms with van der Waals surface area (Å²) in [5.41, 5.74) is 5.45. The third-order valence-corrected chi connectivity index (χ3v) is 5.43. The van der Waals surface area contributed by atoms with Crippen LogP contribution < -0.4 is 10.5 Å². The van der Waals surface area contributed by atoms with E-state index < -0.39 is 15.6 Å². The van der Waals surface area contributed by atoms with Gasteiger partial charge in [0.2, 0.25) is 10.0 Å². The highest BCUT2D eigenvalue weighted by atomic mass is 79.9. The number of anilines is 1. The van der Waals surface area contributed by atoms with Gasteiger partial charge in [0.1, 0.15) is 0 Å². The van der Waals surface area contributed by atoms with Crippen molar-refractivity contribution >= 4 is 31.6 Å². The van der Waals surface area contributed by atoms with Gasteiger partial charge in [-0.2, -0.15) is 0 Å². The molecular formula is C12H19BrN2O3S. The van der Waals surface area contributed by atoms with Gasteiger partial charge in [-0.25, -0.2) is 13.1 Å². The fraction of sp³-hybridized carbons (Fsp3) is 0.500. The fourth-order valence-electron chi connectivity index (χ4n) is 1.61. The van der Waals surface area contributed by atoms with E-state index in [1.54, 1.807) is 6.92 Å². The second kappa shape index (κ2) is 6.21. The molecule has 1 aromatic carbocycles. The third-order valence-electron chi connectivity index (χ3n) is 3.11. The molecule has 0 aliphatic rings. The minimum atomic E-state index is -3.64. The van der Waals surface area contributed by atoms with Gasteiger partial charge in [-0.05, 0) is 53.9 Å². The number of nitrogen functional groups attached to an aromatic ring is 1. The second-order valence-corrected chi connectivity index (χ2v) is 7.21. The van der Waals surface area contributed by atoms with Gasteiger partial charge < -0.3 is 10.8 Å². The van der Waals surface area contributed by atoms with E-state index in [1.807, 2.05) is 6.92 Å². The van der Waals surface area contributed by atoms with Crippen LogP contribution in [-0.2, 0) is 10.0 Å². The van der Waals surface area contributed by atoms with Crippen LogP contribution in [0, 0.1) is 0 Å². The quantitative estimate of drug-likeness (QED) is 0.682. The van der Waals surface area contributed by atoms with Crippen LogP contribution in [0.15, 0.2) is 27.6 Å². The first kappa shape index (κ1) is 16.4. The number of nitrogens with one attached hydrogen (secondary N) is 1. The minimum Gasteiger partial charge on any atom is -0.398 e. The van der Waals surface area contributed by atoms with Crippen molar-refractivity contribution in [3.8, 4) is 0 Å². The van der Waals surface area contributed by atoms with Gasteiger partial charge in [0, 0.05) is 22.3 Å². The molecule has 19 heavy (non-hydrogen) atoms. The molecule has 1 atom stereocenters. The Hall–Kier alpha value is -0.630. The zero-order valence-electron chi connectivity index (χ0n) is 11.0. The van der Waals surface area contributed by atoms with Crippen molar-refractivity contribution in [3.63, 3.8) is 0 Å². The van der Waals surface area contributed by atoms with E-state index in [2.05, 4.69) is 20.7 Å². The lowest BCUT2D eigenvalue weighted by molar-refractivity contribution is 0.233. The van der Waals surface area contributed by atoms with Crippen molar-refractivity contribution < 1.29 is 13.5 Å². The molecule has 0 spiro atoms. The molecule has 1 rings (SSSR count). The molecule has 0 saturated heterocycles. The maximum atomic E-state index is 12.3. The minimum absolute atomic E-state index is 0.0711. The maximum absolute atomic E-state index is 12.3. The molecule has 0 bridgehead atoms. The Labute approximate surface area is 122 Å². The average molecular weight is 351 g/mol. The Morgan fingerprint density at radius 1 is 1.47 bits per heavy atom. The Morgan fingerprint density at radius 2 is 2.11 bits per heavy atom. The van der Waals surface area contributed by atoms with E-state index in [0.29, 0.717) is 23.0 Å². The molecule has 0 amide bonds. The monoisotopic (exact) mass is 350 g/mol. The first-order valence-electron chi connectivity index (χ1n) is 5.94. The normalized spacial score (nSPS) is 15.2. The maximum Gasteiger partial charge on any atom is 0.241 e. The summed E-state index contributed by atoms with van der Waals surface area (Å²) in [6.45, 7) is 3.57. The summed E-state index contributed by atoms with van der Waals surface area (Å²) in [6, 6.07) is 4.46. The SMILES string of the molecule is CCC(C)(CCO)NS(=O)(=O)c1ccc(N)c(Br)c1. The lowest BCUT2D eigenvalue weighted by atomic mass is 9.97. The number of aliphatic hydroxyl groups is 1. The molecule has 108 valence electrons. The van der Waals surface area contributed by atoms with Gasteiger partial charge in [-0.3, -0.25) is 0 Å². The smallest absolute Gasteiger partial charge is 0.241 e. The van der Waals surface area contributed by atoms with Crippen LogP contribution in [0.2, 0.25) is 0 Å². The second-order valence-electron chi connectivity index (χ2n) is 4.68. The molecule has 4 N–H and O–H groups in total. The Kier molecular flexibility index (Phi) is 5.37. The number of sulfonamides is 1. The first-order valence-corrected chi connectivity index (χ1v) is 8.21. The molecule has 0 saturated carbocycles. The molecule has 0 radical (unpaired) electrons. The van der Waals surface area contributed by atoms with Gasteiger partial charge in [0.05, 0.1) is 4.90 Å². The molecular weight excluding hydrogens is 332 g/mol. The largest absolute Gasteiger partial charge is 0.398 e. The number of halogens is 1. The molecule has 7 heteroatoms. The molecule has 0 aliphatic carbocycles. The predicted molar refractivity (Wildman–Crippen MR) is 79.3 cm³/mol. The van der Waals surface area contributed by atoms with Crippen LogP contribution in [-0.4, -0.2) is 25.7 Å². The lowest BCUT2D eigenvalue weighted by Gasteiger charge is -2.28. The molecule has 0 heterocycles. The van der Waals surface area contributed by atoms with Gasteiger partial charge in [0.25, 0.3) is 0 Å². The zero-order chi connectivity index (χ0) is 14.7. The predicted octanol–water partition coefficient (Wildman–Crippen LogP) is 1.86. The summed E-state index contributed by atoms with van der Waals surface area (Å²) >= 11 is 3.21. The lowest BCUT2D eigenvalue weighted by Crippen LogP contribution is -2.46. The van der Waals surface area contributed by atoms with Crippen LogP contribution in [0.25, 0.3) is 0 Å². The summed E-state index contributed by atoms with van der Waals surface area (Å²) < 4.78 is 27.8. The average Bonchev–Trinajstić information content (AvgIpc) is 2.32. The van der Waals surface area contributed by atoms with Crippen molar-refractivity contribution in [2.24, 2.45) is 0 Å². The van der Waals surface area contributed by atoms with Gasteiger partial charge in [-0.15, -0.1) is 0 Å². The number of hydrogen-bond donors (Lipinski definition) is 3. The molecule has 0 aliphatic heterocycles. The van der Waals surface area contributed by atoms with Gasteiger partial charge in [-0.1, -0.05) is 6.92 Å². The van der Waals surface area contributed by atoms with E-state index in [4.69, 9.17) is 10.8 Å². The first-order chi connectivity index (χ1) is 8.74. The third kappa shape index (κ3) is 4.17. The molecule has 0 aromatic heterocycles. The highest BCUT2D eigenvalue weighted by Crippen LogP contribution is 2.25. The zero-order valence-corrected chi connectivity index (χ0v) is 13.4.